The normalized spacial score (nSPS) is 52.2. The van der Waals surface area contributed by atoms with Crippen LogP contribution in [0.3, 0.4) is 0 Å². The predicted molar refractivity (Wildman–Crippen MR) is 84.8 cm³/mol. The Morgan fingerprint density at radius 2 is 2.23 bits per heavy atom. The number of allylic oxidation sites excluding steroid dienone is 1. The van der Waals surface area contributed by atoms with Gasteiger partial charge in [0.1, 0.15) is 17.0 Å². The zero-order valence-corrected chi connectivity index (χ0v) is 14.9. The fourth-order valence-electron chi connectivity index (χ4n) is 5.21. The van der Waals surface area contributed by atoms with Crippen LogP contribution >= 0.6 is 15.9 Å². The van der Waals surface area contributed by atoms with Crippen LogP contribution in [0.15, 0.2) is 11.6 Å². The van der Waals surface area contributed by atoms with E-state index in [0.717, 1.165) is 25.9 Å². The van der Waals surface area contributed by atoms with Crippen LogP contribution in [0.2, 0.25) is 0 Å². The summed E-state index contributed by atoms with van der Waals surface area (Å²) in [4.78, 5) is 11.9. The molecule has 4 aliphatic rings. The van der Waals surface area contributed by atoms with Gasteiger partial charge < -0.3 is 14.2 Å². The molecule has 4 nitrogen and oxygen atoms in total. The molecule has 2 heterocycles. The van der Waals surface area contributed by atoms with Gasteiger partial charge >= 0.3 is 5.97 Å². The van der Waals surface area contributed by atoms with Crippen LogP contribution in [0.25, 0.3) is 0 Å². The van der Waals surface area contributed by atoms with Gasteiger partial charge in [0.2, 0.25) is 0 Å². The van der Waals surface area contributed by atoms with E-state index in [1.807, 2.05) is 0 Å². The number of carbonyl (C=O) groups excluding carboxylic acids is 1. The molecule has 2 aliphatic heterocycles. The zero-order chi connectivity index (χ0) is 15.8. The van der Waals surface area contributed by atoms with Gasteiger partial charge in [-0.2, -0.15) is 0 Å². The summed E-state index contributed by atoms with van der Waals surface area (Å²) in [6, 6.07) is 0. The highest BCUT2D eigenvalue weighted by molar-refractivity contribution is 9.09. The van der Waals surface area contributed by atoms with E-state index >= 15 is 0 Å². The Bertz CT molecular complexity index is 555. The monoisotopic (exact) mass is 370 g/mol. The Kier molecular flexibility index (Phi) is 3.15. The fourth-order valence-corrected chi connectivity index (χ4v) is 5.34. The number of alkyl halides is 1. The molecule has 122 valence electrons. The molecular formula is C17H23BrO4. The van der Waals surface area contributed by atoms with Crippen LogP contribution in [-0.2, 0) is 19.0 Å². The fraction of sp³-hybridized carbons (Fsp3) is 0.824. The molecule has 2 saturated heterocycles. The predicted octanol–water partition coefficient (Wildman–Crippen LogP) is 2.99. The molecule has 1 spiro atoms. The molecular weight excluding hydrogens is 348 g/mol. The first-order valence-electron chi connectivity index (χ1n) is 8.09. The molecule has 22 heavy (non-hydrogen) atoms. The Labute approximate surface area is 139 Å². The van der Waals surface area contributed by atoms with Gasteiger partial charge in [0, 0.05) is 17.3 Å². The second kappa shape index (κ2) is 4.58. The molecule has 2 unspecified atom stereocenters. The molecule has 2 aliphatic carbocycles. The first-order valence-corrected chi connectivity index (χ1v) is 9.22. The van der Waals surface area contributed by atoms with Crippen LogP contribution in [0.4, 0.5) is 0 Å². The van der Waals surface area contributed by atoms with E-state index in [2.05, 4.69) is 42.8 Å². The summed E-state index contributed by atoms with van der Waals surface area (Å²) < 4.78 is 18.2. The number of esters is 1. The van der Waals surface area contributed by atoms with E-state index in [9.17, 15) is 4.79 Å². The molecule has 0 amide bonds. The molecule has 0 aromatic heterocycles. The lowest BCUT2D eigenvalue weighted by Gasteiger charge is -2.57. The van der Waals surface area contributed by atoms with Crippen molar-refractivity contribution >= 4 is 21.9 Å². The summed E-state index contributed by atoms with van der Waals surface area (Å²) in [5.41, 5.74) is 0.886. The molecule has 0 radical (unpaired) electrons. The minimum absolute atomic E-state index is 0.0332. The Morgan fingerprint density at radius 3 is 2.86 bits per heavy atom. The van der Waals surface area contributed by atoms with Gasteiger partial charge in [-0.05, 0) is 19.8 Å². The first kappa shape index (κ1) is 15.2. The van der Waals surface area contributed by atoms with Crippen molar-refractivity contribution < 1.29 is 19.0 Å². The summed E-state index contributed by atoms with van der Waals surface area (Å²) >= 11 is 3.20. The number of fused-ring (bicyclic) bond motifs is 2. The van der Waals surface area contributed by atoms with E-state index in [1.165, 1.54) is 5.57 Å². The smallest absolute Gasteiger partial charge is 0.316 e. The summed E-state index contributed by atoms with van der Waals surface area (Å²) in [5.74, 6) is -0.197. The van der Waals surface area contributed by atoms with E-state index in [4.69, 9.17) is 14.2 Å². The number of ether oxygens (including phenoxy) is 3. The highest BCUT2D eigenvalue weighted by Crippen LogP contribution is 2.71. The molecule has 3 fully saturated rings. The van der Waals surface area contributed by atoms with E-state index in [1.54, 1.807) is 0 Å². The number of halogens is 1. The second-order valence-corrected chi connectivity index (χ2v) is 8.26. The Balaban J connectivity index is 1.77. The maximum absolute atomic E-state index is 11.9. The molecule has 0 N–H and O–H groups in total. The third-order valence-corrected chi connectivity index (χ3v) is 7.37. The number of epoxide rings is 1. The Hall–Kier alpha value is -0.390. The highest BCUT2D eigenvalue weighted by Gasteiger charge is 2.81. The lowest BCUT2D eigenvalue weighted by molar-refractivity contribution is -0.210. The average molecular weight is 371 g/mol. The van der Waals surface area contributed by atoms with Crippen molar-refractivity contribution in [1.29, 1.82) is 0 Å². The van der Waals surface area contributed by atoms with Crippen LogP contribution in [0, 0.1) is 10.8 Å². The van der Waals surface area contributed by atoms with Crippen molar-refractivity contribution in [2.75, 3.05) is 11.9 Å². The minimum atomic E-state index is -0.255. The van der Waals surface area contributed by atoms with E-state index in [-0.39, 0.29) is 46.0 Å². The van der Waals surface area contributed by atoms with E-state index in [0.29, 0.717) is 0 Å². The molecule has 6 atom stereocenters. The van der Waals surface area contributed by atoms with Gasteiger partial charge in [-0.3, -0.25) is 4.79 Å². The molecule has 1 saturated carbocycles. The SMILES string of the molecule is CC1=C[C@H]2O[C@@H]3C[C@@H](OC(=O)CBr)C(C)(C34CO4)[C@@]2(C)CC1. The van der Waals surface area contributed by atoms with Crippen LogP contribution < -0.4 is 0 Å². The van der Waals surface area contributed by atoms with Gasteiger partial charge in [0.15, 0.2) is 0 Å². The van der Waals surface area contributed by atoms with Crippen LogP contribution in [-0.4, -0.2) is 41.8 Å². The van der Waals surface area contributed by atoms with Crippen LogP contribution in [0.5, 0.6) is 0 Å². The van der Waals surface area contributed by atoms with Gasteiger partial charge in [-0.1, -0.05) is 41.4 Å². The topological polar surface area (TPSA) is 48.1 Å². The standard InChI is InChI=1S/C17H23BrO4/c1-10-4-5-15(2)11(6-10)21-13-7-12(22-14(19)8-18)16(15,3)17(13)9-20-17/h6,11-13H,4-5,7-9H2,1-3H3/t11-,12-,13-,15+,16?,17?/m1/s1. The van der Waals surface area contributed by atoms with Gasteiger partial charge in [-0.25, -0.2) is 0 Å². The van der Waals surface area contributed by atoms with Crippen molar-refractivity contribution in [2.45, 2.75) is 63.9 Å². The van der Waals surface area contributed by atoms with Crippen molar-refractivity contribution in [2.24, 2.45) is 10.8 Å². The molecule has 2 bridgehead atoms. The van der Waals surface area contributed by atoms with Gasteiger partial charge in [-0.15, -0.1) is 0 Å². The molecule has 4 rings (SSSR count). The maximum atomic E-state index is 11.9. The number of hydrogen-bond acceptors (Lipinski definition) is 4. The highest BCUT2D eigenvalue weighted by atomic mass is 79.9. The summed E-state index contributed by atoms with van der Waals surface area (Å²) in [7, 11) is 0. The lowest BCUT2D eigenvalue weighted by Crippen LogP contribution is -2.63. The molecule has 5 heteroatoms. The number of hydrogen-bond donors (Lipinski definition) is 0. The largest absolute Gasteiger partial charge is 0.461 e. The van der Waals surface area contributed by atoms with Gasteiger partial charge in [0.25, 0.3) is 0 Å². The number of carbonyl (C=O) groups is 1. The number of rotatable bonds is 2. The first-order chi connectivity index (χ1) is 10.4. The van der Waals surface area contributed by atoms with Crippen molar-refractivity contribution in [3.8, 4) is 0 Å². The van der Waals surface area contributed by atoms with Crippen molar-refractivity contribution in [3.05, 3.63) is 11.6 Å². The molecule has 0 aromatic carbocycles. The quantitative estimate of drug-likeness (QED) is 0.324. The van der Waals surface area contributed by atoms with Crippen LogP contribution in [0.1, 0.15) is 40.0 Å². The third-order valence-electron chi connectivity index (χ3n) is 6.91. The van der Waals surface area contributed by atoms with Crippen molar-refractivity contribution in [1.82, 2.24) is 0 Å². The average Bonchev–Trinajstić information content (AvgIpc) is 3.25. The Morgan fingerprint density at radius 1 is 1.50 bits per heavy atom. The summed E-state index contributed by atoms with van der Waals surface area (Å²) in [6.45, 7) is 7.45. The summed E-state index contributed by atoms with van der Waals surface area (Å²) in [6.07, 6.45) is 5.14. The van der Waals surface area contributed by atoms with Crippen molar-refractivity contribution in [3.63, 3.8) is 0 Å². The zero-order valence-electron chi connectivity index (χ0n) is 13.4. The summed E-state index contributed by atoms with van der Waals surface area (Å²) in [5, 5.41) is 0.234. The maximum Gasteiger partial charge on any atom is 0.316 e. The third kappa shape index (κ3) is 1.63. The molecule has 0 aromatic rings. The second-order valence-electron chi connectivity index (χ2n) is 7.70. The minimum Gasteiger partial charge on any atom is -0.461 e. The lowest BCUT2D eigenvalue weighted by atomic mass is 9.52. The van der Waals surface area contributed by atoms with E-state index < -0.39 is 0 Å². The van der Waals surface area contributed by atoms with Gasteiger partial charge in [0.05, 0.1) is 18.8 Å².